The number of benzene rings is 1. The lowest BCUT2D eigenvalue weighted by Gasteiger charge is -2.09. The minimum atomic E-state index is 0.645. The van der Waals surface area contributed by atoms with E-state index in [1.807, 2.05) is 18.2 Å². The molecule has 0 fully saturated rings. The van der Waals surface area contributed by atoms with E-state index in [1.165, 1.54) is 6.33 Å². The van der Waals surface area contributed by atoms with E-state index < -0.39 is 0 Å². The molecule has 7 heteroatoms. The fourth-order valence-electron chi connectivity index (χ4n) is 2.03. The van der Waals surface area contributed by atoms with Crippen molar-refractivity contribution < 1.29 is 4.74 Å². The number of methoxy groups -OCH3 is 1. The van der Waals surface area contributed by atoms with E-state index in [9.17, 15) is 0 Å². The van der Waals surface area contributed by atoms with Crippen LogP contribution in [-0.2, 0) is 11.2 Å². The summed E-state index contributed by atoms with van der Waals surface area (Å²) in [7, 11) is 1.69. The molecular weight excluding hydrogens is 335 g/mol. The number of hydrogen-bond acceptors (Lipinski definition) is 5. The summed E-state index contributed by atoms with van der Waals surface area (Å²) < 4.78 is 5.01. The third kappa shape index (κ3) is 6.22. The van der Waals surface area contributed by atoms with Crippen LogP contribution in [0.1, 0.15) is 12.0 Å². The predicted octanol–water partition coefficient (Wildman–Crippen LogP) is 3.89. The smallest absolute Gasteiger partial charge is 0.131 e. The molecule has 0 saturated heterocycles. The van der Waals surface area contributed by atoms with Gasteiger partial charge in [-0.05, 0) is 30.5 Å². The number of anilines is 2. The van der Waals surface area contributed by atoms with Gasteiger partial charge in [0.2, 0.25) is 0 Å². The van der Waals surface area contributed by atoms with E-state index in [0.717, 1.165) is 49.7 Å². The molecule has 0 radical (unpaired) electrons. The predicted molar refractivity (Wildman–Crippen MR) is 95.7 cm³/mol. The summed E-state index contributed by atoms with van der Waals surface area (Å²) in [5.41, 5.74) is 1.05. The number of hydrogen-bond donors (Lipinski definition) is 2. The molecule has 1 heterocycles. The van der Waals surface area contributed by atoms with Gasteiger partial charge in [0.1, 0.15) is 18.0 Å². The molecule has 2 aromatic rings. The Balaban J connectivity index is 1.81. The van der Waals surface area contributed by atoms with Crippen LogP contribution in [0.2, 0.25) is 10.0 Å². The van der Waals surface area contributed by atoms with Crippen LogP contribution in [0, 0.1) is 0 Å². The highest BCUT2D eigenvalue weighted by atomic mass is 35.5. The third-order valence-electron chi connectivity index (χ3n) is 3.21. The Bertz CT molecular complexity index is 625. The van der Waals surface area contributed by atoms with Gasteiger partial charge in [0.05, 0.1) is 0 Å². The van der Waals surface area contributed by atoms with Crippen molar-refractivity contribution in [2.75, 3.05) is 37.4 Å². The molecule has 0 atom stereocenters. The van der Waals surface area contributed by atoms with Gasteiger partial charge in [-0.25, -0.2) is 9.97 Å². The van der Waals surface area contributed by atoms with Crippen LogP contribution >= 0.6 is 23.2 Å². The Labute approximate surface area is 146 Å². The fraction of sp³-hybridized carbons (Fsp3) is 0.375. The van der Waals surface area contributed by atoms with Gasteiger partial charge in [-0.2, -0.15) is 0 Å². The molecule has 0 spiro atoms. The highest BCUT2D eigenvalue weighted by Crippen LogP contribution is 2.21. The first-order chi connectivity index (χ1) is 11.2. The van der Waals surface area contributed by atoms with Gasteiger partial charge in [0, 0.05) is 42.9 Å². The van der Waals surface area contributed by atoms with Crippen molar-refractivity contribution in [1.29, 1.82) is 0 Å². The number of ether oxygens (including phenoxy) is 1. The second-order valence-corrected chi connectivity index (χ2v) is 5.82. The lowest BCUT2D eigenvalue weighted by molar-refractivity contribution is 0.198. The van der Waals surface area contributed by atoms with Gasteiger partial charge >= 0.3 is 0 Å². The third-order valence-corrected chi connectivity index (χ3v) is 3.80. The average Bonchev–Trinajstić information content (AvgIpc) is 2.54. The first-order valence-electron chi connectivity index (χ1n) is 7.41. The summed E-state index contributed by atoms with van der Waals surface area (Å²) in [6.07, 6.45) is 3.26. The molecule has 0 saturated carbocycles. The number of rotatable bonds is 9. The monoisotopic (exact) mass is 354 g/mol. The molecule has 23 heavy (non-hydrogen) atoms. The average molecular weight is 355 g/mol. The second-order valence-electron chi connectivity index (χ2n) is 4.97. The van der Waals surface area contributed by atoms with Crippen LogP contribution in [0.15, 0.2) is 30.6 Å². The summed E-state index contributed by atoms with van der Waals surface area (Å²) in [4.78, 5) is 8.40. The van der Waals surface area contributed by atoms with Crippen molar-refractivity contribution >= 4 is 34.8 Å². The van der Waals surface area contributed by atoms with Gasteiger partial charge in [-0.3, -0.25) is 0 Å². The molecule has 2 rings (SSSR count). The van der Waals surface area contributed by atoms with Gasteiger partial charge in [0.15, 0.2) is 0 Å². The Hall–Kier alpha value is -1.56. The highest BCUT2D eigenvalue weighted by molar-refractivity contribution is 6.35. The lowest BCUT2D eigenvalue weighted by Crippen LogP contribution is -2.09. The van der Waals surface area contributed by atoms with Crippen LogP contribution in [0.4, 0.5) is 11.6 Å². The van der Waals surface area contributed by atoms with Crippen LogP contribution in [0.5, 0.6) is 0 Å². The second kappa shape index (κ2) is 9.55. The Morgan fingerprint density at radius 3 is 2.48 bits per heavy atom. The van der Waals surface area contributed by atoms with Crippen molar-refractivity contribution in [3.8, 4) is 0 Å². The molecule has 0 amide bonds. The highest BCUT2D eigenvalue weighted by Gasteiger charge is 2.02. The van der Waals surface area contributed by atoms with E-state index >= 15 is 0 Å². The Kier molecular flexibility index (Phi) is 7.39. The zero-order valence-corrected chi connectivity index (χ0v) is 14.5. The number of nitrogens with zero attached hydrogens (tertiary/aromatic N) is 2. The van der Waals surface area contributed by atoms with Crippen molar-refractivity contribution in [3.05, 3.63) is 46.2 Å². The summed E-state index contributed by atoms with van der Waals surface area (Å²) >= 11 is 12.1. The van der Waals surface area contributed by atoms with E-state index in [1.54, 1.807) is 13.2 Å². The maximum atomic E-state index is 6.16. The van der Waals surface area contributed by atoms with E-state index in [2.05, 4.69) is 20.6 Å². The zero-order valence-electron chi connectivity index (χ0n) is 13.0. The van der Waals surface area contributed by atoms with Crippen molar-refractivity contribution in [3.63, 3.8) is 0 Å². The molecule has 0 bridgehead atoms. The Morgan fingerprint density at radius 2 is 1.78 bits per heavy atom. The molecule has 124 valence electrons. The molecule has 2 N–H and O–H groups in total. The first-order valence-corrected chi connectivity index (χ1v) is 8.17. The zero-order chi connectivity index (χ0) is 16.5. The minimum absolute atomic E-state index is 0.645. The summed E-state index contributed by atoms with van der Waals surface area (Å²) in [5, 5.41) is 7.83. The molecule has 5 nitrogen and oxygen atoms in total. The van der Waals surface area contributed by atoms with Crippen molar-refractivity contribution in [2.45, 2.75) is 12.8 Å². The van der Waals surface area contributed by atoms with Crippen molar-refractivity contribution in [1.82, 2.24) is 9.97 Å². The fourth-order valence-corrected chi connectivity index (χ4v) is 2.54. The number of nitrogens with one attached hydrogen (secondary N) is 2. The SMILES string of the molecule is COCCCNc1cc(NCCc2ccc(Cl)cc2Cl)ncn1. The van der Waals surface area contributed by atoms with Crippen LogP contribution < -0.4 is 10.6 Å². The standard InChI is InChI=1S/C16H20Cl2N4O/c1-23-8-2-6-19-15-10-16(22-11-21-15)20-7-5-12-3-4-13(17)9-14(12)18/h3-4,9-11H,2,5-8H2,1H3,(H2,19,20,21,22). The van der Waals surface area contributed by atoms with E-state index in [4.69, 9.17) is 27.9 Å². The maximum Gasteiger partial charge on any atom is 0.131 e. The van der Waals surface area contributed by atoms with Gasteiger partial charge in [-0.1, -0.05) is 29.3 Å². The Morgan fingerprint density at radius 1 is 1.04 bits per heavy atom. The van der Waals surface area contributed by atoms with Crippen LogP contribution in [0.25, 0.3) is 0 Å². The quantitative estimate of drug-likeness (QED) is 0.669. The van der Waals surface area contributed by atoms with E-state index in [0.29, 0.717) is 10.0 Å². The van der Waals surface area contributed by atoms with Crippen molar-refractivity contribution in [2.24, 2.45) is 0 Å². The largest absolute Gasteiger partial charge is 0.385 e. The molecule has 1 aromatic carbocycles. The molecule has 0 unspecified atom stereocenters. The van der Waals surface area contributed by atoms with Gasteiger partial charge in [0.25, 0.3) is 0 Å². The molecule has 0 aliphatic heterocycles. The number of halogens is 2. The van der Waals surface area contributed by atoms with Crippen LogP contribution in [0.3, 0.4) is 0 Å². The summed E-state index contributed by atoms with van der Waals surface area (Å²) in [5.74, 6) is 1.57. The maximum absolute atomic E-state index is 6.16. The number of aromatic nitrogens is 2. The molecular formula is C16H20Cl2N4O. The normalized spacial score (nSPS) is 10.6. The minimum Gasteiger partial charge on any atom is -0.385 e. The molecule has 0 aliphatic carbocycles. The first kappa shape index (κ1) is 17.8. The molecule has 0 aliphatic rings. The summed E-state index contributed by atoms with van der Waals surface area (Å²) in [6, 6.07) is 7.42. The van der Waals surface area contributed by atoms with Gasteiger partial charge in [-0.15, -0.1) is 0 Å². The lowest BCUT2D eigenvalue weighted by atomic mass is 10.1. The van der Waals surface area contributed by atoms with E-state index in [-0.39, 0.29) is 0 Å². The van der Waals surface area contributed by atoms with Gasteiger partial charge < -0.3 is 15.4 Å². The topological polar surface area (TPSA) is 59.1 Å². The summed E-state index contributed by atoms with van der Waals surface area (Å²) in [6.45, 7) is 2.26. The van der Waals surface area contributed by atoms with Crippen LogP contribution in [-0.4, -0.2) is 36.8 Å². The molecule has 1 aromatic heterocycles.